The number of rotatable bonds is 9. The van der Waals surface area contributed by atoms with E-state index in [2.05, 4.69) is 38.6 Å². The summed E-state index contributed by atoms with van der Waals surface area (Å²) in [5, 5.41) is 9.34. The van der Waals surface area contributed by atoms with Crippen molar-refractivity contribution in [1.29, 1.82) is 5.26 Å². The summed E-state index contributed by atoms with van der Waals surface area (Å²) in [5.74, 6) is 2.88. The molecule has 1 unspecified atom stereocenters. The van der Waals surface area contributed by atoms with E-state index in [0.717, 1.165) is 66.7 Å². The number of nitrogens with zero attached hydrogens (tertiary/aromatic N) is 2. The molecule has 0 aliphatic heterocycles. The highest BCUT2D eigenvalue weighted by Gasteiger charge is 2.26. The number of carbonyl (C=O) groups excluding carboxylic acids is 1. The number of allylic oxidation sites excluding steroid dienone is 5. The van der Waals surface area contributed by atoms with Crippen LogP contribution in [0.25, 0.3) is 5.57 Å². The minimum atomic E-state index is 0.151. The monoisotopic (exact) mass is 548 g/mol. The largest absolute Gasteiger partial charge is 0.490 e. The van der Waals surface area contributed by atoms with E-state index >= 15 is 0 Å². The van der Waals surface area contributed by atoms with E-state index in [-0.39, 0.29) is 12.1 Å². The predicted molar refractivity (Wildman–Crippen MR) is 166 cm³/mol. The normalized spacial score (nSPS) is 24.2. The summed E-state index contributed by atoms with van der Waals surface area (Å²) in [6.07, 6.45) is 25.6. The molecule has 5 heteroatoms. The third-order valence-electron chi connectivity index (χ3n) is 8.29. The molecule has 2 fully saturated rings. The van der Waals surface area contributed by atoms with Crippen molar-refractivity contribution < 1.29 is 9.53 Å². The molecule has 0 bridgehead atoms. The van der Waals surface area contributed by atoms with Crippen molar-refractivity contribution in [3.05, 3.63) is 58.5 Å². The van der Waals surface area contributed by atoms with Gasteiger partial charge in [0.15, 0.2) is 0 Å². The number of thiophene rings is 1. The summed E-state index contributed by atoms with van der Waals surface area (Å²) >= 11 is 1.66. The number of nitriles is 1. The molecular formula is C34H48N2O2S. The van der Waals surface area contributed by atoms with Gasteiger partial charge in [-0.15, -0.1) is 11.3 Å². The van der Waals surface area contributed by atoms with Gasteiger partial charge in [-0.2, -0.15) is 5.26 Å². The molecule has 0 spiro atoms. The lowest BCUT2D eigenvalue weighted by Crippen LogP contribution is -2.35. The first-order valence-corrected chi connectivity index (χ1v) is 15.8. The van der Waals surface area contributed by atoms with Crippen molar-refractivity contribution in [2.45, 2.75) is 116 Å². The van der Waals surface area contributed by atoms with Gasteiger partial charge in [-0.05, 0) is 68.2 Å². The standard InChI is InChI=1S/C26H32N2O2S.C8H16/c1-3-8-22(9-4-2)30-23-14-12-20(13-15-23)26-18-24(25(31-26)16-17-27)28(19-29)21-10-6-5-7-11-21;1-7-3-5-8(2)6-4-7/h3-4,8-9,12,18-19,21,23H,1,5-7,10-11,13-16H2,2H3;7-8H,3-6H2,1-2H3/b9-4-,22-8+;. The zero-order valence-corrected chi connectivity index (χ0v) is 25.2. The Hall–Kier alpha value is -2.58. The molecule has 1 heterocycles. The number of amides is 1. The van der Waals surface area contributed by atoms with E-state index in [1.54, 1.807) is 17.4 Å². The summed E-state index contributed by atoms with van der Waals surface area (Å²) in [7, 11) is 0. The molecule has 4 nitrogen and oxygen atoms in total. The van der Waals surface area contributed by atoms with Gasteiger partial charge in [0, 0.05) is 22.2 Å². The third-order valence-corrected chi connectivity index (χ3v) is 9.49. The lowest BCUT2D eigenvalue weighted by molar-refractivity contribution is -0.108. The van der Waals surface area contributed by atoms with Crippen LogP contribution >= 0.6 is 11.3 Å². The van der Waals surface area contributed by atoms with E-state index < -0.39 is 0 Å². The average Bonchev–Trinajstić information content (AvgIpc) is 3.36. The Morgan fingerprint density at radius 3 is 2.36 bits per heavy atom. The van der Waals surface area contributed by atoms with Crippen LogP contribution in [0.5, 0.6) is 0 Å². The lowest BCUT2D eigenvalue weighted by Gasteiger charge is -2.31. The van der Waals surface area contributed by atoms with E-state index in [9.17, 15) is 10.1 Å². The third kappa shape index (κ3) is 9.53. The number of hydrogen-bond acceptors (Lipinski definition) is 4. The Labute approximate surface area is 241 Å². The summed E-state index contributed by atoms with van der Waals surface area (Å²) in [6, 6.07) is 4.67. The van der Waals surface area contributed by atoms with Crippen molar-refractivity contribution in [2.75, 3.05) is 4.90 Å². The maximum atomic E-state index is 12.0. The van der Waals surface area contributed by atoms with Gasteiger partial charge in [-0.25, -0.2) is 0 Å². The van der Waals surface area contributed by atoms with Gasteiger partial charge < -0.3 is 9.64 Å². The lowest BCUT2D eigenvalue weighted by atomic mass is 9.84. The van der Waals surface area contributed by atoms with Crippen LogP contribution in [0.2, 0.25) is 0 Å². The van der Waals surface area contributed by atoms with Crippen molar-refractivity contribution >= 4 is 29.0 Å². The highest BCUT2D eigenvalue weighted by molar-refractivity contribution is 7.13. The van der Waals surface area contributed by atoms with Crippen LogP contribution in [0.1, 0.15) is 108 Å². The minimum Gasteiger partial charge on any atom is -0.490 e. The molecule has 39 heavy (non-hydrogen) atoms. The summed E-state index contributed by atoms with van der Waals surface area (Å²) in [6.45, 7) is 10.5. The first kappa shape index (κ1) is 31.0. The molecule has 1 atom stereocenters. The maximum Gasteiger partial charge on any atom is 0.214 e. The van der Waals surface area contributed by atoms with Crippen molar-refractivity contribution in [1.82, 2.24) is 0 Å². The Kier molecular flexibility index (Phi) is 13.1. The molecule has 1 aromatic rings. The van der Waals surface area contributed by atoms with Crippen LogP contribution in [0.3, 0.4) is 0 Å². The highest BCUT2D eigenvalue weighted by atomic mass is 32.1. The first-order valence-electron chi connectivity index (χ1n) is 15.0. The second kappa shape index (κ2) is 16.5. The molecule has 1 aromatic heterocycles. The second-order valence-corrected chi connectivity index (χ2v) is 12.6. The Bertz CT molecular complexity index is 1040. The van der Waals surface area contributed by atoms with Crippen LogP contribution in [0.4, 0.5) is 5.69 Å². The average molecular weight is 549 g/mol. The van der Waals surface area contributed by atoms with Gasteiger partial charge in [0.2, 0.25) is 6.41 Å². The molecule has 2 saturated carbocycles. The van der Waals surface area contributed by atoms with Gasteiger partial charge in [-0.3, -0.25) is 4.79 Å². The van der Waals surface area contributed by atoms with Gasteiger partial charge in [-0.1, -0.05) is 83.6 Å². The SMILES string of the molecule is C=C/C=C(\C=C/C)OC1CC=C(c2cc(N(C=O)C3CCCCC3)c(CC#N)s2)CC1.CC1CCC(C)CC1. The molecule has 212 valence electrons. The fourth-order valence-electron chi connectivity index (χ4n) is 5.87. The molecule has 3 aliphatic rings. The first-order chi connectivity index (χ1) is 19.0. The van der Waals surface area contributed by atoms with Crippen LogP contribution in [0.15, 0.2) is 48.8 Å². The summed E-state index contributed by atoms with van der Waals surface area (Å²) in [5.41, 5.74) is 2.23. The van der Waals surface area contributed by atoms with Gasteiger partial charge in [0.05, 0.1) is 18.2 Å². The van der Waals surface area contributed by atoms with Crippen molar-refractivity contribution in [3.8, 4) is 6.07 Å². The predicted octanol–water partition coefficient (Wildman–Crippen LogP) is 9.54. The van der Waals surface area contributed by atoms with E-state index in [1.165, 1.54) is 55.4 Å². The fraction of sp³-hybridized carbons (Fsp3) is 0.588. The van der Waals surface area contributed by atoms with E-state index in [1.807, 2.05) is 30.1 Å². The van der Waals surface area contributed by atoms with Crippen LogP contribution in [-0.4, -0.2) is 18.6 Å². The van der Waals surface area contributed by atoms with Crippen molar-refractivity contribution in [3.63, 3.8) is 0 Å². The molecule has 0 radical (unpaired) electrons. The minimum absolute atomic E-state index is 0.151. The number of carbonyl (C=O) groups is 1. The number of anilines is 1. The zero-order valence-electron chi connectivity index (χ0n) is 24.4. The molecule has 0 N–H and O–H groups in total. The van der Waals surface area contributed by atoms with Crippen molar-refractivity contribution in [2.24, 2.45) is 11.8 Å². The number of hydrogen-bond donors (Lipinski definition) is 0. The van der Waals surface area contributed by atoms with Crippen LogP contribution in [0, 0.1) is 23.2 Å². The maximum absolute atomic E-state index is 12.0. The van der Waals surface area contributed by atoms with Gasteiger partial charge >= 0.3 is 0 Å². The van der Waals surface area contributed by atoms with E-state index in [4.69, 9.17) is 4.74 Å². The molecule has 4 rings (SSSR count). The van der Waals surface area contributed by atoms with Gasteiger partial charge in [0.25, 0.3) is 0 Å². The van der Waals surface area contributed by atoms with Gasteiger partial charge in [0.1, 0.15) is 11.9 Å². The zero-order chi connectivity index (χ0) is 28.0. The summed E-state index contributed by atoms with van der Waals surface area (Å²) in [4.78, 5) is 16.1. The Morgan fingerprint density at radius 1 is 1.13 bits per heavy atom. The summed E-state index contributed by atoms with van der Waals surface area (Å²) < 4.78 is 6.12. The molecule has 0 aromatic carbocycles. The van der Waals surface area contributed by atoms with E-state index in [0.29, 0.717) is 6.42 Å². The molecular weight excluding hydrogens is 500 g/mol. The quantitative estimate of drug-likeness (QED) is 0.175. The number of ether oxygens (including phenoxy) is 1. The smallest absolute Gasteiger partial charge is 0.214 e. The van der Waals surface area contributed by atoms with Crippen LogP contribution in [-0.2, 0) is 16.0 Å². The molecule has 3 aliphatic carbocycles. The second-order valence-electron chi connectivity index (χ2n) is 11.5. The Morgan fingerprint density at radius 2 is 1.82 bits per heavy atom. The molecule has 0 saturated heterocycles. The molecule has 1 amide bonds. The topological polar surface area (TPSA) is 53.3 Å². The highest BCUT2D eigenvalue weighted by Crippen LogP contribution is 2.40. The Balaban J connectivity index is 0.000000449. The van der Waals surface area contributed by atoms with Crippen LogP contribution < -0.4 is 4.90 Å². The fourth-order valence-corrected chi connectivity index (χ4v) is 7.03.